The maximum absolute atomic E-state index is 12.8. The van der Waals surface area contributed by atoms with Gasteiger partial charge in [-0.1, -0.05) is 132 Å². The Labute approximate surface area is 381 Å². The number of carbonyl (C=O) groups is 3. The van der Waals surface area contributed by atoms with E-state index in [1.54, 1.807) is 6.08 Å². The Morgan fingerprint density at radius 1 is 0.746 bits per heavy atom. The minimum atomic E-state index is -4.46. The van der Waals surface area contributed by atoms with Crippen molar-refractivity contribution in [1.29, 1.82) is 0 Å². The molecule has 0 saturated heterocycles. The molecule has 0 amide bonds. The van der Waals surface area contributed by atoms with Gasteiger partial charge in [0.15, 0.2) is 6.10 Å². The van der Waals surface area contributed by atoms with Crippen molar-refractivity contribution >= 4 is 25.5 Å². The van der Waals surface area contributed by atoms with Crippen LogP contribution in [-0.2, 0) is 37.5 Å². The number of phosphoric ester groups is 1. The highest BCUT2D eigenvalue weighted by Gasteiger charge is 2.39. The summed E-state index contributed by atoms with van der Waals surface area (Å²) >= 11 is 0. The lowest BCUT2D eigenvalue weighted by Gasteiger charge is -2.24. The summed E-state index contributed by atoms with van der Waals surface area (Å²) in [5.41, 5.74) is 0. The second-order valence-corrected chi connectivity index (χ2v) is 19.4. The third-order valence-electron chi connectivity index (χ3n) is 10.9. The molecule has 0 aromatic rings. The fourth-order valence-corrected chi connectivity index (χ4v) is 7.81. The van der Waals surface area contributed by atoms with Crippen LogP contribution in [0.15, 0.2) is 60.8 Å². The molecular formula is C50H87NO11P+. The minimum absolute atomic E-state index is 0.0196. The number of aliphatic hydroxyl groups is 2. The van der Waals surface area contributed by atoms with Crippen molar-refractivity contribution in [2.75, 3.05) is 47.5 Å². The molecule has 1 aliphatic rings. The average molecular weight is 909 g/mol. The number of allylic oxidation sites excluding steroid dienone is 8. The van der Waals surface area contributed by atoms with Crippen molar-refractivity contribution in [3.05, 3.63) is 60.8 Å². The van der Waals surface area contributed by atoms with Gasteiger partial charge in [-0.15, -0.1) is 0 Å². The van der Waals surface area contributed by atoms with Gasteiger partial charge in [0.1, 0.15) is 25.5 Å². The topological polar surface area (TPSA) is 166 Å². The summed E-state index contributed by atoms with van der Waals surface area (Å²) in [6, 6.07) is 0. The highest BCUT2D eigenvalue weighted by molar-refractivity contribution is 7.47. The van der Waals surface area contributed by atoms with E-state index in [1.807, 2.05) is 27.2 Å². The molecule has 13 heteroatoms. The molecule has 1 fully saturated rings. The number of nitrogens with zero attached hydrogens (tertiary/aromatic N) is 1. The number of Topliss-reactive ketones (excluding diaryl/α,β-unsaturated/α-hetero) is 1. The molecular weight excluding hydrogens is 822 g/mol. The Kier molecular flexibility index (Phi) is 33.8. The van der Waals surface area contributed by atoms with Crippen LogP contribution in [0.4, 0.5) is 0 Å². The highest BCUT2D eigenvalue weighted by atomic mass is 31.2. The summed E-state index contributed by atoms with van der Waals surface area (Å²) in [7, 11) is 1.30. The molecule has 0 bridgehead atoms. The average Bonchev–Trinajstić information content (AvgIpc) is 3.50. The normalized spacial score (nSPS) is 19.3. The summed E-state index contributed by atoms with van der Waals surface area (Å²) < 4.78 is 34.3. The number of likely N-dealkylation sites (N-methyl/N-ethyl adjacent to an activating group) is 1. The Hall–Kier alpha value is -2.70. The maximum atomic E-state index is 12.8. The van der Waals surface area contributed by atoms with E-state index in [9.17, 15) is 34.1 Å². The van der Waals surface area contributed by atoms with E-state index in [4.69, 9.17) is 18.5 Å². The molecule has 1 rings (SSSR count). The largest absolute Gasteiger partial charge is 0.472 e. The lowest BCUT2D eigenvalue weighted by Crippen LogP contribution is -2.37. The van der Waals surface area contributed by atoms with Gasteiger partial charge in [-0.2, -0.15) is 0 Å². The van der Waals surface area contributed by atoms with Crippen molar-refractivity contribution in [1.82, 2.24) is 0 Å². The number of ketones is 1. The number of aliphatic hydroxyl groups excluding tert-OH is 2. The van der Waals surface area contributed by atoms with Gasteiger partial charge in [0, 0.05) is 31.1 Å². The standard InChI is InChI=1S/C50H86NO11P/c1-6-8-10-11-12-13-14-15-16-17-18-19-20-21-22-23-24-25-30-34-49(55)59-41-44(42-61-63(57,58)60-39-38-51(3,4)5)62-50(56)35-31-27-26-29-33-45-46(48(54)40-47(45)53)37-36-43(52)32-28-9-7-2/h12-13,15-16,18-19,21-22,36-37,43-46,48,52,54H,6-11,14,17,20,23-35,38-42H2,1-5H3/p+1/b13-12-,16-15-,19-18-,22-21-,37-36+/t43-,44+,45+,46+,48+/m0/s1. The first-order chi connectivity index (χ1) is 30.2. The molecule has 0 radical (unpaired) electrons. The number of ether oxygens (including phenoxy) is 2. The molecule has 12 nitrogen and oxygen atoms in total. The SMILES string of the molecule is CCCCC/C=C\C/C=C\C/C=C\C/C=C\CCCCCC(=O)OC[C@H](COP(=O)(O)OCC[N+](C)(C)C)OC(=O)CCCCCC[C@H]1C(=O)C[C@@H](O)[C@@H]1/C=C/[C@@H](O)CCCCC. The third-order valence-corrected chi connectivity index (χ3v) is 11.9. The fourth-order valence-electron chi connectivity index (χ4n) is 7.07. The van der Waals surface area contributed by atoms with Crippen LogP contribution in [-0.4, -0.2) is 103 Å². The van der Waals surface area contributed by atoms with Crippen LogP contribution >= 0.6 is 7.82 Å². The molecule has 0 heterocycles. The van der Waals surface area contributed by atoms with Gasteiger partial charge >= 0.3 is 19.8 Å². The van der Waals surface area contributed by atoms with Crippen LogP contribution < -0.4 is 0 Å². The van der Waals surface area contributed by atoms with E-state index in [0.29, 0.717) is 43.1 Å². The molecule has 0 aliphatic heterocycles. The number of hydrogen-bond acceptors (Lipinski definition) is 10. The van der Waals surface area contributed by atoms with Gasteiger partial charge in [-0.3, -0.25) is 23.4 Å². The van der Waals surface area contributed by atoms with Crippen molar-refractivity contribution < 1.29 is 57.1 Å². The van der Waals surface area contributed by atoms with Crippen molar-refractivity contribution in [2.45, 2.75) is 180 Å². The number of quaternary nitrogens is 1. The molecule has 1 aliphatic carbocycles. The number of rotatable bonds is 39. The fraction of sp³-hybridized carbons (Fsp3) is 0.740. The zero-order chi connectivity index (χ0) is 46.6. The summed E-state index contributed by atoms with van der Waals surface area (Å²) in [4.78, 5) is 48.3. The molecule has 0 aromatic carbocycles. The maximum Gasteiger partial charge on any atom is 0.472 e. The second-order valence-electron chi connectivity index (χ2n) is 17.9. The van der Waals surface area contributed by atoms with Crippen molar-refractivity contribution in [3.8, 4) is 0 Å². The number of hydrogen-bond donors (Lipinski definition) is 3. The molecule has 0 spiro atoms. The summed E-state index contributed by atoms with van der Waals surface area (Å²) in [5.74, 6) is -1.55. The monoisotopic (exact) mass is 909 g/mol. The van der Waals surface area contributed by atoms with E-state index in [-0.39, 0.29) is 50.1 Å². The minimum Gasteiger partial charge on any atom is -0.462 e. The molecule has 63 heavy (non-hydrogen) atoms. The van der Waals surface area contributed by atoms with Crippen LogP contribution in [0, 0.1) is 11.8 Å². The van der Waals surface area contributed by atoms with Crippen LogP contribution in [0.2, 0.25) is 0 Å². The molecule has 1 saturated carbocycles. The first-order valence-electron chi connectivity index (χ1n) is 24.1. The molecule has 0 aromatic heterocycles. The van der Waals surface area contributed by atoms with E-state index in [0.717, 1.165) is 70.6 Å². The first-order valence-corrected chi connectivity index (χ1v) is 25.6. The van der Waals surface area contributed by atoms with Gasteiger partial charge < -0.3 is 29.1 Å². The molecule has 1 unspecified atom stereocenters. The zero-order valence-electron chi connectivity index (χ0n) is 39.8. The highest BCUT2D eigenvalue weighted by Crippen LogP contribution is 2.43. The zero-order valence-corrected chi connectivity index (χ0v) is 40.6. The van der Waals surface area contributed by atoms with Crippen LogP contribution in [0.1, 0.15) is 162 Å². The van der Waals surface area contributed by atoms with Crippen molar-refractivity contribution in [2.24, 2.45) is 11.8 Å². The van der Waals surface area contributed by atoms with Gasteiger partial charge in [-0.25, -0.2) is 4.57 Å². The van der Waals surface area contributed by atoms with Gasteiger partial charge in [-0.05, 0) is 70.6 Å². The Morgan fingerprint density at radius 2 is 1.30 bits per heavy atom. The molecule has 3 N–H and O–H groups in total. The molecule has 6 atom stereocenters. The lowest BCUT2D eigenvalue weighted by molar-refractivity contribution is -0.870. The van der Waals surface area contributed by atoms with Crippen LogP contribution in [0.5, 0.6) is 0 Å². The smallest absolute Gasteiger partial charge is 0.462 e. The summed E-state index contributed by atoms with van der Waals surface area (Å²) in [6.45, 7) is 3.97. The summed E-state index contributed by atoms with van der Waals surface area (Å²) in [5, 5.41) is 20.8. The number of unbranched alkanes of at least 4 members (excludes halogenated alkanes) is 11. The lowest BCUT2D eigenvalue weighted by atomic mass is 9.88. The van der Waals surface area contributed by atoms with Gasteiger partial charge in [0.2, 0.25) is 0 Å². The summed E-state index contributed by atoms with van der Waals surface area (Å²) in [6.07, 6.45) is 37.4. The third kappa shape index (κ3) is 33.4. The number of carbonyl (C=O) groups excluding carboxylic acids is 3. The predicted octanol–water partition coefficient (Wildman–Crippen LogP) is 10.6. The molecule has 362 valence electrons. The Bertz CT molecular complexity index is 1420. The van der Waals surface area contributed by atoms with Gasteiger partial charge in [0.25, 0.3) is 0 Å². The quantitative estimate of drug-likeness (QED) is 0.0177. The predicted molar refractivity (Wildman–Crippen MR) is 253 cm³/mol. The van der Waals surface area contributed by atoms with Gasteiger partial charge in [0.05, 0.1) is 40.0 Å². The number of esters is 2. The second kappa shape index (κ2) is 36.5. The van der Waals surface area contributed by atoms with E-state index >= 15 is 0 Å². The van der Waals surface area contributed by atoms with E-state index in [2.05, 4.69) is 62.5 Å². The van der Waals surface area contributed by atoms with Crippen LogP contribution in [0.3, 0.4) is 0 Å². The Morgan fingerprint density at radius 3 is 1.92 bits per heavy atom. The van der Waals surface area contributed by atoms with E-state index in [1.165, 1.54) is 25.7 Å². The van der Waals surface area contributed by atoms with Crippen molar-refractivity contribution in [3.63, 3.8) is 0 Å². The Balaban J connectivity index is 2.46. The first kappa shape index (κ1) is 58.3. The van der Waals surface area contributed by atoms with Crippen LogP contribution in [0.25, 0.3) is 0 Å². The number of phosphoric acid groups is 1. The van der Waals surface area contributed by atoms with E-state index < -0.39 is 44.7 Å².